The number of urea groups is 1. The third-order valence-electron chi connectivity index (χ3n) is 4.12. The number of amides is 2. The zero-order chi connectivity index (χ0) is 16.6. The molecule has 24 heavy (non-hydrogen) atoms. The van der Waals surface area contributed by atoms with Gasteiger partial charge in [-0.2, -0.15) is 0 Å². The van der Waals surface area contributed by atoms with E-state index in [1.807, 2.05) is 41.3 Å². The van der Waals surface area contributed by atoms with Crippen LogP contribution < -0.4 is 5.32 Å². The Morgan fingerprint density at radius 1 is 1.21 bits per heavy atom. The average molecular weight is 325 g/mol. The molecule has 1 aromatic carbocycles. The minimum absolute atomic E-state index is 0.0210. The van der Waals surface area contributed by atoms with Crippen LogP contribution in [0.4, 0.5) is 4.79 Å². The van der Waals surface area contributed by atoms with Crippen molar-refractivity contribution in [3.05, 3.63) is 66.0 Å². The molecule has 0 unspecified atom stereocenters. The van der Waals surface area contributed by atoms with Crippen molar-refractivity contribution in [3.63, 3.8) is 0 Å². The van der Waals surface area contributed by atoms with Gasteiger partial charge in [0.15, 0.2) is 0 Å². The Labute approximate surface area is 142 Å². The number of nitrogens with zero attached hydrogens (tertiary/aromatic N) is 2. The van der Waals surface area contributed by atoms with Gasteiger partial charge in [0.05, 0.1) is 12.7 Å². The lowest BCUT2D eigenvalue weighted by Crippen LogP contribution is -2.50. The zero-order valence-corrected chi connectivity index (χ0v) is 13.7. The van der Waals surface area contributed by atoms with Crippen LogP contribution in [0.1, 0.15) is 11.3 Å². The van der Waals surface area contributed by atoms with Crippen molar-refractivity contribution in [1.29, 1.82) is 0 Å². The van der Waals surface area contributed by atoms with Crippen molar-refractivity contribution >= 4 is 6.03 Å². The predicted molar refractivity (Wildman–Crippen MR) is 92.8 cm³/mol. The lowest BCUT2D eigenvalue weighted by atomic mass is 10.1. The summed E-state index contributed by atoms with van der Waals surface area (Å²) in [4.78, 5) is 18.4. The quantitative estimate of drug-likeness (QED) is 0.917. The maximum atomic E-state index is 12.3. The van der Waals surface area contributed by atoms with Gasteiger partial charge in [0.2, 0.25) is 0 Å². The summed E-state index contributed by atoms with van der Waals surface area (Å²) >= 11 is 0. The molecule has 1 saturated heterocycles. The molecule has 126 valence electrons. The predicted octanol–water partition coefficient (Wildman–Crippen LogP) is 2.28. The topological polar surface area (TPSA) is 54.5 Å². The number of benzene rings is 1. The third kappa shape index (κ3) is 4.80. The van der Waals surface area contributed by atoms with Crippen LogP contribution in [0.3, 0.4) is 0 Å². The zero-order valence-electron chi connectivity index (χ0n) is 13.7. The van der Waals surface area contributed by atoms with Gasteiger partial charge in [-0.15, -0.1) is 0 Å². The Hall–Kier alpha value is -2.40. The van der Waals surface area contributed by atoms with Crippen molar-refractivity contribution < 1.29 is 9.53 Å². The summed E-state index contributed by atoms with van der Waals surface area (Å²) < 4.78 is 5.80. The van der Waals surface area contributed by atoms with Gasteiger partial charge in [0.25, 0.3) is 0 Å². The van der Waals surface area contributed by atoms with Gasteiger partial charge in [-0.25, -0.2) is 4.79 Å². The highest BCUT2D eigenvalue weighted by Crippen LogP contribution is 2.11. The Bertz CT molecular complexity index is 634. The number of aromatic nitrogens is 1. The number of hydrogen-bond acceptors (Lipinski definition) is 3. The highest BCUT2D eigenvalue weighted by Gasteiger charge is 2.24. The van der Waals surface area contributed by atoms with Crippen LogP contribution >= 0.6 is 0 Å². The normalized spacial score (nSPS) is 17.5. The fourth-order valence-corrected chi connectivity index (χ4v) is 2.86. The summed E-state index contributed by atoms with van der Waals surface area (Å²) in [6, 6.07) is 16.0. The van der Waals surface area contributed by atoms with E-state index in [1.54, 1.807) is 6.20 Å². The second-order valence-corrected chi connectivity index (χ2v) is 5.93. The van der Waals surface area contributed by atoms with Crippen LogP contribution in [0, 0.1) is 0 Å². The molecular formula is C19H23N3O2. The van der Waals surface area contributed by atoms with Gasteiger partial charge >= 0.3 is 6.03 Å². The Balaban J connectivity index is 1.44. The minimum Gasteiger partial charge on any atom is -0.374 e. The number of pyridine rings is 1. The first-order valence-corrected chi connectivity index (χ1v) is 8.39. The molecule has 1 N–H and O–H groups in total. The fraction of sp³-hybridized carbons (Fsp3) is 0.368. The molecule has 0 bridgehead atoms. The average Bonchev–Trinajstić information content (AvgIpc) is 2.64. The van der Waals surface area contributed by atoms with Crippen LogP contribution in [-0.4, -0.2) is 48.3 Å². The molecule has 1 aliphatic rings. The second kappa shape index (κ2) is 8.45. The molecule has 0 aliphatic carbocycles. The number of nitrogens with one attached hydrogen (secondary N) is 1. The Kier molecular flexibility index (Phi) is 5.80. The molecule has 0 radical (unpaired) electrons. The van der Waals surface area contributed by atoms with Crippen molar-refractivity contribution in [3.8, 4) is 0 Å². The minimum atomic E-state index is -0.0210. The summed E-state index contributed by atoms with van der Waals surface area (Å²) in [5.41, 5.74) is 2.22. The van der Waals surface area contributed by atoms with Gasteiger partial charge in [-0.1, -0.05) is 36.4 Å². The van der Waals surface area contributed by atoms with Crippen molar-refractivity contribution in [1.82, 2.24) is 15.2 Å². The maximum absolute atomic E-state index is 12.3. The Morgan fingerprint density at radius 3 is 2.83 bits per heavy atom. The highest BCUT2D eigenvalue weighted by molar-refractivity contribution is 5.74. The van der Waals surface area contributed by atoms with E-state index in [1.165, 1.54) is 5.56 Å². The number of hydrogen-bond donors (Lipinski definition) is 1. The van der Waals surface area contributed by atoms with Gasteiger partial charge in [-0.3, -0.25) is 4.98 Å². The number of rotatable bonds is 5. The largest absolute Gasteiger partial charge is 0.374 e. The van der Waals surface area contributed by atoms with E-state index in [0.717, 1.165) is 18.5 Å². The summed E-state index contributed by atoms with van der Waals surface area (Å²) in [7, 11) is 0. The van der Waals surface area contributed by atoms with Crippen molar-refractivity contribution in [2.75, 3.05) is 26.2 Å². The summed E-state index contributed by atoms with van der Waals surface area (Å²) in [6.07, 6.45) is 3.40. The van der Waals surface area contributed by atoms with Crippen molar-refractivity contribution in [2.45, 2.75) is 18.9 Å². The Morgan fingerprint density at radius 2 is 2.04 bits per heavy atom. The maximum Gasteiger partial charge on any atom is 0.317 e. The van der Waals surface area contributed by atoms with Crippen LogP contribution in [0.5, 0.6) is 0 Å². The van der Waals surface area contributed by atoms with E-state index < -0.39 is 0 Å². The summed E-state index contributed by atoms with van der Waals surface area (Å²) in [5, 5.41) is 2.98. The molecule has 5 heteroatoms. The van der Waals surface area contributed by atoms with Crippen LogP contribution in [0.25, 0.3) is 0 Å². The third-order valence-corrected chi connectivity index (χ3v) is 4.12. The van der Waals surface area contributed by atoms with Crippen LogP contribution in [0.2, 0.25) is 0 Å². The fourth-order valence-electron chi connectivity index (χ4n) is 2.86. The van der Waals surface area contributed by atoms with Crippen LogP contribution in [-0.2, 0) is 17.6 Å². The smallest absolute Gasteiger partial charge is 0.317 e. The van der Waals surface area contributed by atoms with Crippen LogP contribution in [0.15, 0.2) is 54.7 Å². The lowest BCUT2D eigenvalue weighted by molar-refractivity contribution is -0.0132. The van der Waals surface area contributed by atoms with Gasteiger partial charge in [0.1, 0.15) is 0 Å². The standard InChI is InChI=1S/C19H23N3O2/c23-19(21-11-9-17-8-4-5-10-20-17)22-12-13-24-18(15-22)14-16-6-2-1-3-7-16/h1-8,10,18H,9,11-15H2,(H,21,23)/t18-/m1/s1. The van der Waals surface area contributed by atoms with Gasteiger partial charge in [-0.05, 0) is 17.7 Å². The molecule has 0 spiro atoms. The SMILES string of the molecule is O=C(NCCc1ccccn1)N1CCO[C@H](Cc2ccccc2)C1. The molecule has 1 atom stereocenters. The van der Waals surface area contributed by atoms with E-state index in [4.69, 9.17) is 4.74 Å². The number of carbonyl (C=O) groups excluding carboxylic acids is 1. The van der Waals surface area contributed by atoms with E-state index in [0.29, 0.717) is 26.2 Å². The van der Waals surface area contributed by atoms with E-state index in [2.05, 4.69) is 22.4 Å². The number of carbonyl (C=O) groups is 1. The molecule has 1 fully saturated rings. The molecule has 2 amide bonds. The van der Waals surface area contributed by atoms with E-state index in [9.17, 15) is 4.79 Å². The van der Waals surface area contributed by atoms with Gasteiger partial charge < -0.3 is 15.0 Å². The van der Waals surface area contributed by atoms with E-state index >= 15 is 0 Å². The molecular weight excluding hydrogens is 302 g/mol. The second-order valence-electron chi connectivity index (χ2n) is 5.93. The summed E-state index contributed by atoms with van der Waals surface area (Å²) in [5.74, 6) is 0. The molecule has 1 aromatic heterocycles. The van der Waals surface area contributed by atoms with E-state index in [-0.39, 0.29) is 12.1 Å². The number of ether oxygens (including phenoxy) is 1. The first-order valence-electron chi connectivity index (χ1n) is 8.39. The van der Waals surface area contributed by atoms with Gasteiger partial charge in [0, 0.05) is 44.4 Å². The molecule has 3 rings (SSSR count). The monoisotopic (exact) mass is 325 g/mol. The molecule has 2 heterocycles. The summed E-state index contributed by atoms with van der Waals surface area (Å²) in [6.45, 7) is 2.45. The molecule has 1 aliphatic heterocycles. The molecule has 0 saturated carbocycles. The number of morpholine rings is 1. The molecule has 5 nitrogen and oxygen atoms in total. The first-order chi connectivity index (χ1) is 11.8. The highest BCUT2D eigenvalue weighted by atomic mass is 16.5. The lowest BCUT2D eigenvalue weighted by Gasteiger charge is -2.33. The molecule has 2 aromatic rings. The first kappa shape index (κ1) is 16.5. The van der Waals surface area contributed by atoms with Crippen molar-refractivity contribution in [2.24, 2.45) is 0 Å².